The number of hydrogen-bond donors (Lipinski definition) is 7. The van der Waals surface area contributed by atoms with Crippen molar-refractivity contribution in [2.45, 2.75) is 286 Å². The molecular formula is C57H170N6O9Si9. The van der Waals surface area contributed by atoms with E-state index in [1.165, 1.54) is 0 Å². The Hall–Kier alpha value is 0.832. The van der Waals surface area contributed by atoms with Crippen LogP contribution in [0.1, 0.15) is 138 Å². The highest BCUT2D eigenvalue weighted by Crippen LogP contribution is 2.29. The van der Waals surface area contributed by atoms with E-state index in [0.717, 1.165) is 77.0 Å². The van der Waals surface area contributed by atoms with Gasteiger partial charge in [-0.3, -0.25) is 0 Å². The molecule has 9 N–H and O–H groups in total. The van der Waals surface area contributed by atoms with E-state index in [4.69, 9.17) is 45.0 Å². The van der Waals surface area contributed by atoms with Crippen LogP contribution in [0.5, 0.6) is 0 Å². The molecule has 24 heteroatoms. The van der Waals surface area contributed by atoms with Crippen LogP contribution in [0, 0.1) is 0 Å². The number of aliphatic hydroxyl groups is 1. The molecule has 1 heterocycles. The standard InChI is InChI=1S/C22H58N4O5Si5.C13H38N2O3Si4.C5H8O.C2H6.15CH4/c1-11-12-22(27)21-26-16-15-25-17-19-35(9,28-32(2)3)30-34(7,8)31-36(10,29-33(4,5)6)20-18-24-14-13-23;1-19(2,3)16-21(7,8)18-22(9,17-20(4,5)6)13-12-15-11-10-14;1-2-3-5-4-6-5;1-2;;;;;;;;;;;;;;;/h11,22,24-27,32H,1,12-21,23H2,2-10H3;15H,10-14H2,1-9H3;2,5H,1,3-4H2;1-2H3;15*1H4. The minimum absolute atomic E-state index is 0. The molecule has 81 heavy (non-hydrogen) atoms. The Labute approximate surface area is 528 Å². The third-order valence-corrected chi connectivity index (χ3v) is 39.7. The Bertz CT molecular complexity index is 1250. The molecule has 15 nitrogen and oxygen atoms in total. The highest BCUT2D eigenvalue weighted by molar-refractivity contribution is 6.90. The van der Waals surface area contributed by atoms with Gasteiger partial charge in [-0.25, -0.2) is 0 Å². The fourth-order valence-electron chi connectivity index (χ4n) is 7.15. The summed E-state index contributed by atoms with van der Waals surface area (Å²) in [5.41, 5.74) is 11.2. The van der Waals surface area contributed by atoms with Gasteiger partial charge in [-0.05, 0) is 150 Å². The maximum atomic E-state index is 9.77. The maximum absolute atomic E-state index is 9.77. The summed E-state index contributed by atoms with van der Waals surface area (Å²) >= 11 is 0. The molecule has 0 spiro atoms. The van der Waals surface area contributed by atoms with E-state index in [0.29, 0.717) is 32.2 Å². The average molecular weight is 1340 g/mol. The molecule has 1 aliphatic heterocycles. The number of ether oxygens (including phenoxy) is 1. The zero-order chi connectivity index (χ0) is 51.9. The van der Waals surface area contributed by atoms with Crippen molar-refractivity contribution in [1.82, 2.24) is 21.3 Å². The zero-order valence-electron chi connectivity index (χ0n) is 46.5. The molecule has 0 amide bonds. The van der Waals surface area contributed by atoms with Gasteiger partial charge in [-0.15, -0.1) is 13.2 Å². The SMILES string of the molecule is C.C.C.C.C.C.C.C.C.C.C.C.C.C.C.C=CCC(O)CNCCNCC[Si](C)(O[SiH](C)C)O[Si](C)(C)O[Si](C)(CCNCCN)O[Si](C)(C)C.C=CCC1CO1.CC.C[Si](C)(C)O[Si](C)(C)O[Si](C)(CCNCCN)O[Si](C)(C)C. The van der Waals surface area contributed by atoms with Gasteiger partial charge >= 0.3 is 42.8 Å². The molecule has 0 radical (unpaired) electrons. The molecule has 0 aromatic rings. The Morgan fingerprint density at radius 2 is 0.778 bits per heavy atom. The molecule has 0 saturated carbocycles. The van der Waals surface area contributed by atoms with Crippen LogP contribution in [0.3, 0.4) is 0 Å². The summed E-state index contributed by atoms with van der Waals surface area (Å²) in [5, 5.41) is 23.3. The number of nitrogens with one attached hydrogen (secondary N) is 4. The van der Waals surface area contributed by atoms with Gasteiger partial charge in [0.2, 0.25) is 0 Å². The van der Waals surface area contributed by atoms with Gasteiger partial charge in [-0.2, -0.15) is 0 Å². The Morgan fingerprint density at radius 3 is 1.05 bits per heavy atom. The van der Waals surface area contributed by atoms with Gasteiger partial charge in [0.05, 0.1) is 18.8 Å². The zero-order valence-corrected chi connectivity index (χ0v) is 55.6. The summed E-state index contributed by atoms with van der Waals surface area (Å²) in [4.78, 5) is 0. The average Bonchev–Trinajstić information content (AvgIpc) is 3.94. The Kier molecular flexibility index (Phi) is 108. The highest BCUT2D eigenvalue weighted by atomic mass is 28.5. The van der Waals surface area contributed by atoms with E-state index in [-0.39, 0.29) is 118 Å². The molecule has 518 valence electrons. The topological polar surface area (TPSA) is 198 Å². The summed E-state index contributed by atoms with van der Waals surface area (Å²) in [7, 11) is -18.2. The molecule has 5 unspecified atom stereocenters. The van der Waals surface area contributed by atoms with E-state index in [1.54, 1.807) is 6.08 Å². The Morgan fingerprint density at radius 1 is 0.481 bits per heavy atom. The van der Waals surface area contributed by atoms with Crippen molar-refractivity contribution in [3.05, 3.63) is 25.3 Å². The van der Waals surface area contributed by atoms with E-state index in [9.17, 15) is 5.11 Å². The van der Waals surface area contributed by atoms with Crippen molar-refractivity contribution >= 4 is 76.8 Å². The summed E-state index contributed by atoms with van der Waals surface area (Å²) in [6.45, 7) is 59.4. The summed E-state index contributed by atoms with van der Waals surface area (Å²) in [6, 6.07) is 2.66. The number of aliphatic hydroxyl groups excluding tert-OH is 1. The van der Waals surface area contributed by atoms with Crippen molar-refractivity contribution in [3.8, 4) is 0 Å². The minimum Gasteiger partial charge on any atom is -0.439 e. The predicted octanol–water partition coefficient (Wildman–Crippen LogP) is 16.9. The third-order valence-electron chi connectivity index (χ3n) is 8.51. The molecule has 1 fully saturated rings. The van der Waals surface area contributed by atoms with E-state index >= 15 is 0 Å². The van der Waals surface area contributed by atoms with Crippen LogP contribution < -0.4 is 32.7 Å². The fourth-order valence-corrected chi connectivity index (χ4v) is 47.1. The van der Waals surface area contributed by atoms with Crippen molar-refractivity contribution in [3.63, 3.8) is 0 Å². The summed E-state index contributed by atoms with van der Waals surface area (Å²) < 4.78 is 51.3. The monoisotopic (exact) mass is 1340 g/mol. The van der Waals surface area contributed by atoms with Crippen LogP contribution in [0.15, 0.2) is 25.3 Å². The number of hydrogen-bond acceptors (Lipinski definition) is 15. The van der Waals surface area contributed by atoms with Crippen LogP contribution in [0.2, 0.25) is 136 Å². The van der Waals surface area contributed by atoms with E-state index < -0.39 is 76.8 Å². The van der Waals surface area contributed by atoms with Gasteiger partial charge in [0.15, 0.2) is 34.0 Å². The number of nitrogens with two attached hydrogens (primary N) is 2. The van der Waals surface area contributed by atoms with Crippen LogP contribution in [0.25, 0.3) is 0 Å². The van der Waals surface area contributed by atoms with Crippen molar-refractivity contribution in [2.24, 2.45) is 11.5 Å². The molecule has 1 rings (SSSR count). The maximum Gasteiger partial charge on any atom is 0.317 e. The van der Waals surface area contributed by atoms with E-state index in [2.05, 4.69) is 152 Å². The van der Waals surface area contributed by atoms with Gasteiger partial charge in [-0.1, -0.05) is 137 Å². The molecule has 0 bridgehead atoms. The number of rotatable bonds is 36. The molecule has 0 aliphatic carbocycles. The first-order chi connectivity index (χ1) is 30.2. The summed E-state index contributed by atoms with van der Waals surface area (Å²) in [6.07, 6.45) is 5.41. The predicted molar refractivity (Wildman–Crippen MR) is 408 cm³/mol. The fraction of sp³-hybridized carbons (Fsp3) is 0.930. The van der Waals surface area contributed by atoms with Crippen LogP contribution in [0.4, 0.5) is 0 Å². The lowest BCUT2D eigenvalue weighted by molar-refractivity contribution is 0.175. The first kappa shape index (κ1) is 131. The van der Waals surface area contributed by atoms with Crippen molar-refractivity contribution < 1.29 is 38.6 Å². The van der Waals surface area contributed by atoms with Crippen molar-refractivity contribution in [2.75, 3.05) is 72.1 Å². The first-order valence-electron chi connectivity index (χ1n) is 24.8. The quantitative estimate of drug-likeness (QED) is 0.0135. The lowest BCUT2D eigenvalue weighted by Gasteiger charge is -2.43. The second-order valence-electron chi connectivity index (χ2n) is 21.3. The Balaban J connectivity index is -0.0000000483. The van der Waals surface area contributed by atoms with E-state index in [1.807, 2.05) is 19.9 Å². The molecule has 0 aromatic carbocycles. The van der Waals surface area contributed by atoms with Gasteiger partial charge in [0.1, 0.15) is 0 Å². The minimum atomic E-state index is -2.52. The smallest absolute Gasteiger partial charge is 0.317 e. The summed E-state index contributed by atoms with van der Waals surface area (Å²) in [5.74, 6) is 0. The lowest BCUT2D eigenvalue weighted by Crippen LogP contribution is -2.59. The molecule has 5 atom stereocenters. The van der Waals surface area contributed by atoms with Gasteiger partial charge in [0.25, 0.3) is 0 Å². The van der Waals surface area contributed by atoms with Gasteiger partial charge in [0, 0.05) is 63.9 Å². The molecule has 0 aromatic heterocycles. The second kappa shape index (κ2) is 66.8. The lowest BCUT2D eigenvalue weighted by atomic mass is 10.2. The number of epoxide rings is 1. The van der Waals surface area contributed by atoms with Crippen LogP contribution in [-0.4, -0.2) is 166 Å². The van der Waals surface area contributed by atoms with Crippen LogP contribution >= 0.6 is 0 Å². The third kappa shape index (κ3) is 87.4. The largest absolute Gasteiger partial charge is 0.439 e. The highest BCUT2D eigenvalue weighted by Gasteiger charge is 2.47. The molecular weight excluding hydrogens is 1170 g/mol. The van der Waals surface area contributed by atoms with Gasteiger partial charge < -0.3 is 71.4 Å². The second-order valence-corrected chi connectivity index (χ2v) is 55.8. The van der Waals surface area contributed by atoms with Crippen LogP contribution in [-0.2, 0) is 33.5 Å². The normalized spacial score (nSPS) is 14.4. The molecule has 1 saturated heterocycles. The first-order valence-corrected chi connectivity index (χ1v) is 51.0. The molecule has 1 aliphatic rings. The van der Waals surface area contributed by atoms with Crippen molar-refractivity contribution in [1.29, 1.82) is 0 Å².